The first kappa shape index (κ1) is 23.0. The van der Waals surface area contributed by atoms with Crippen LogP contribution in [0.3, 0.4) is 0 Å². The first-order chi connectivity index (χ1) is 14.8. The summed E-state index contributed by atoms with van der Waals surface area (Å²) in [6.07, 6.45) is 2.59. The third-order valence-electron chi connectivity index (χ3n) is 6.13. The molecular formula is C26H34N2O3. The highest BCUT2D eigenvalue weighted by Crippen LogP contribution is 2.36. The normalized spacial score (nSPS) is 18.6. The lowest BCUT2D eigenvalue weighted by atomic mass is 9.73. The van der Waals surface area contributed by atoms with Gasteiger partial charge in [0.1, 0.15) is 0 Å². The van der Waals surface area contributed by atoms with E-state index in [1.165, 1.54) is 11.1 Å². The van der Waals surface area contributed by atoms with E-state index in [4.69, 9.17) is 4.74 Å². The van der Waals surface area contributed by atoms with Crippen LogP contribution in [-0.2, 0) is 20.7 Å². The Morgan fingerprint density at radius 2 is 1.81 bits per heavy atom. The molecule has 1 aliphatic heterocycles. The fraction of sp³-hybridized carbons (Fsp3) is 0.462. The summed E-state index contributed by atoms with van der Waals surface area (Å²) in [5.41, 5.74) is 4.07. The average molecular weight is 423 g/mol. The number of aryl methyl sites for hydroxylation is 1. The second kappa shape index (κ2) is 10.1. The van der Waals surface area contributed by atoms with Crippen LogP contribution < -0.4 is 0 Å². The third-order valence-corrected chi connectivity index (χ3v) is 6.13. The van der Waals surface area contributed by atoms with E-state index in [0.29, 0.717) is 32.5 Å². The van der Waals surface area contributed by atoms with E-state index in [-0.39, 0.29) is 11.8 Å². The minimum Gasteiger partial charge on any atom is -0.384 e. The lowest BCUT2D eigenvalue weighted by Crippen LogP contribution is -2.54. The number of ether oxygens (including phenoxy) is 1. The van der Waals surface area contributed by atoms with Crippen molar-refractivity contribution in [3.63, 3.8) is 0 Å². The van der Waals surface area contributed by atoms with E-state index in [0.717, 1.165) is 24.0 Å². The maximum absolute atomic E-state index is 13.4. The van der Waals surface area contributed by atoms with Crippen molar-refractivity contribution in [1.82, 2.24) is 9.80 Å². The summed E-state index contributed by atoms with van der Waals surface area (Å²) in [6.45, 7) is 3.66. The number of methoxy groups -OCH3 is 1. The third kappa shape index (κ3) is 5.53. The smallest absolute Gasteiger partial charge is 0.230 e. The van der Waals surface area contributed by atoms with Gasteiger partial charge in [0.15, 0.2) is 0 Å². The van der Waals surface area contributed by atoms with E-state index >= 15 is 0 Å². The number of amides is 2. The molecule has 1 saturated heterocycles. The Balaban J connectivity index is 1.89. The SMILES string of the molecule is COCCC(=O)N1CCCC(Cc2cccc(-c3cccc(C)c3)c2)(C(=O)N(C)C)C1. The number of rotatable bonds is 7. The Morgan fingerprint density at radius 1 is 1.10 bits per heavy atom. The Bertz CT molecular complexity index is 924. The van der Waals surface area contributed by atoms with Gasteiger partial charge in [0.2, 0.25) is 11.8 Å². The highest BCUT2D eigenvalue weighted by molar-refractivity contribution is 5.85. The molecule has 1 atom stereocenters. The molecule has 0 saturated carbocycles. The maximum atomic E-state index is 13.4. The topological polar surface area (TPSA) is 49.9 Å². The Kier molecular flexibility index (Phi) is 7.50. The molecule has 0 bridgehead atoms. The number of nitrogens with zero attached hydrogens (tertiary/aromatic N) is 2. The van der Waals surface area contributed by atoms with Crippen LogP contribution in [0.5, 0.6) is 0 Å². The number of hydrogen-bond donors (Lipinski definition) is 0. The average Bonchev–Trinajstić information content (AvgIpc) is 2.77. The summed E-state index contributed by atoms with van der Waals surface area (Å²) in [5.74, 6) is 0.156. The Hall–Kier alpha value is -2.66. The van der Waals surface area contributed by atoms with Gasteiger partial charge in [0.05, 0.1) is 18.4 Å². The van der Waals surface area contributed by atoms with Crippen LogP contribution in [0.4, 0.5) is 0 Å². The van der Waals surface area contributed by atoms with Crippen LogP contribution in [-0.4, -0.2) is 62.5 Å². The minimum atomic E-state index is -0.601. The van der Waals surface area contributed by atoms with Gasteiger partial charge in [0.25, 0.3) is 0 Å². The first-order valence-corrected chi connectivity index (χ1v) is 11.0. The zero-order valence-corrected chi connectivity index (χ0v) is 19.2. The van der Waals surface area contributed by atoms with E-state index in [1.807, 2.05) is 4.90 Å². The Morgan fingerprint density at radius 3 is 2.48 bits per heavy atom. The molecule has 5 heteroatoms. The fourth-order valence-corrected chi connectivity index (χ4v) is 4.64. The van der Waals surface area contributed by atoms with Crippen molar-refractivity contribution in [2.24, 2.45) is 5.41 Å². The summed E-state index contributed by atoms with van der Waals surface area (Å²) in [7, 11) is 5.21. The largest absolute Gasteiger partial charge is 0.384 e. The number of likely N-dealkylation sites (tertiary alicyclic amines) is 1. The quantitative estimate of drug-likeness (QED) is 0.679. The van der Waals surface area contributed by atoms with Crippen LogP contribution in [0.2, 0.25) is 0 Å². The summed E-state index contributed by atoms with van der Waals surface area (Å²) >= 11 is 0. The number of carbonyl (C=O) groups is 2. The van der Waals surface area contributed by atoms with Gasteiger partial charge in [-0.2, -0.15) is 0 Å². The molecule has 0 N–H and O–H groups in total. The minimum absolute atomic E-state index is 0.0611. The van der Waals surface area contributed by atoms with Gasteiger partial charge in [-0.25, -0.2) is 0 Å². The summed E-state index contributed by atoms with van der Waals surface area (Å²) in [5, 5.41) is 0. The van der Waals surface area contributed by atoms with E-state index in [1.54, 1.807) is 26.1 Å². The Labute approximate surface area is 186 Å². The van der Waals surface area contributed by atoms with Gasteiger partial charge in [0, 0.05) is 34.3 Å². The summed E-state index contributed by atoms with van der Waals surface area (Å²) < 4.78 is 5.08. The fourth-order valence-electron chi connectivity index (χ4n) is 4.64. The highest BCUT2D eigenvalue weighted by Gasteiger charge is 2.44. The second-order valence-electron chi connectivity index (χ2n) is 8.89. The standard InChI is InChI=1S/C26H34N2O3/c1-20-8-5-10-22(16-20)23-11-6-9-21(17-23)18-26(25(30)27(2)3)13-7-14-28(19-26)24(29)12-15-31-4/h5-6,8-11,16-17H,7,12-15,18-19H2,1-4H3. The van der Waals surface area contributed by atoms with Crippen LogP contribution in [0.1, 0.15) is 30.4 Å². The van der Waals surface area contributed by atoms with E-state index in [2.05, 4.69) is 55.5 Å². The number of piperidine rings is 1. The molecule has 2 amide bonds. The van der Waals surface area contributed by atoms with Gasteiger partial charge in [-0.3, -0.25) is 9.59 Å². The maximum Gasteiger partial charge on any atom is 0.230 e. The van der Waals surface area contributed by atoms with Crippen LogP contribution in [0, 0.1) is 12.3 Å². The van der Waals surface area contributed by atoms with Crippen molar-refractivity contribution in [3.05, 3.63) is 59.7 Å². The molecule has 0 radical (unpaired) electrons. The predicted molar refractivity (Wildman–Crippen MR) is 124 cm³/mol. The molecule has 166 valence electrons. The van der Waals surface area contributed by atoms with Gasteiger partial charge < -0.3 is 14.5 Å². The van der Waals surface area contributed by atoms with Crippen LogP contribution in [0.15, 0.2) is 48.5 Å². The molecule has 2 aromatic rings. The van der Waals surface area contributed by atoms with Crippen molar-refractivity contribution in [3.8, 4) is 11.1 Å². The number of carbonyl (C=O) groups excluding carboxylic acids is 2. The molecule has 1 aliphatic rings. The summed E-state index contributed by atoms with van der Waals surface area (Å²) in [6, 6.07) is 16.9. The second-order valence-corrected chi connectivity index (χ2v) is 8.89. The van der Waals surface area contributed by atoms with E-state index < -0.39 is 5.41 Å². The van der Waals surface area contributed by atoms with E-state index in [9.17, 15) is 9.59 Å². The summed E-state index contributed by atoms with van der Waals surface area (Å²) in [4.78, 5) is 29.6. The van der Waals surface area contributed by atoms with Crippen molar-refractivity contribution >= 4 is 11.8 Å². The van der Waals surface area contributed by atoms with Gasteiger partial charge in [-0.05, 0) is 42.9 Å². The van der Waals surface area contributed by atoms with Gasteiger partial charge >= 0.3 is 0 Å². The van der Waals surface area contributed by atoms with Crippen molar-refractivity contribution in [2.45, 2.75) is 32.6 Å². The molecule has 1 fully saturated rings. The van der Waals surface area contributed by atoms with Crippen LogP contribution >= 0.6 is 0 Å². The van der Waals surface area contributed by atoms with Crippen LogP contribution in [0.25, 0.3) is 11.1 Å². The molecule has 0 spiro atoms. The van der Waals surface area contributed by atoms with Gasteiger partial charge in [-0.1, -0.05) is 54.1 Å². The number of hydrogen-bond acceptors (Lipinski definition) is 3. The highest BCUT2D eigenvalue weighted by atomic mass is 16.5. The molecule has 1 heterocycles. The van der Waals surface area contributed by atoms with Gasteiger partial charge in [-0.15, -0.1) is 0 Å². The molecule has 0 aliphatic carbocycles. The lowest BCUT2D eigenvalue weighted by Gasteiger charge is -2.43. The van der Waals surface area contributed by atoms with Crippen molar-refractivity contribution < 1.29 is 14.3 Å². The zero-order chi connectivity index (χ0) is 22.4. The number of benzene rings is 2. The molecule has 3 rings (SSSR count). The first-order valence-electron chi connectivity index (χ1n) is 11.0. The molecule has 2 aromatic carbocycles. The molecule has 31 heavy (non-hydrogen) atoms. The molecule has 0 aromatic heterocycles. The molecule has 5 nitrogen and oxygen atoms in total. The molecule has 1 unspecified atom stereocenters. The lowest BCUT2D eigenvalue weighted by molar-refractivity contribution is -0.147. The monoisotopic (exact) mass is 422 g/mol. The van der Waals surface area contributed by atoms with Crippen molar-refractivity contribution in [2.75, 3.05) is 40.9 Å². The predicted octanol–water partition coefficient (Wildman–Crippen LogP) is 3.94. The molecular weight excluding hydrogens is 388 g/mol. The zero-order valence-electron chi connectivity index (χ0n) is 19.2. The van der Waals surface area contributed by atoms with Crippen molar-refractivity contribution in [1.29, 1.82) is 0 Å².